The summed E-state index contributed by atoms with van der Waals surface area (Å²) in [6, 6.07) is 1.99. The standard InChI is InChI=1S/C14H20BrN3/c1-9-3-2-4-11(9)8-16-13-7-12(15)17-14(18-13)10-5-6-10/h7,9-11H,2-6,8H2,1H3,(H,16,17,18). The van der Waals surface area contributed by atoms with Gasteiger partial charge >= 0.3 is 0 Å². The van der Waals surface area contributed by atoms with E-state index in [1.165, 1.54) is 32.1 Å². The molecule has 1 heterocycles. The van der Waals surface area contributed by atoms with Gasteiger partial charge in [0, 0.05) is 18.5 Å². The van der Waals surface area contributed by atoms with E-state index < -0.39 is 0 Å². The fourth-order valence-corrected chi connectivity index (χ4v) is 3.21. The average Bonchev–Trinajstić information content (AvgIpc) is 3.11. The van der Waals surface area contributed by atoms with Crippen molar-refractivity contribution < 1.29 is 0 Å². The fourth-order valence-electron chi connectivity index (χ4n) is 2.81. The fraction of sp³-hybridized carbons (Fsp3) is 0.714. The van der Waals surface area contributed by atoms with E-state index in [0.717, 1.165) is 34.6 Å². The van der Waals surface area contributed by atoms with Crippen molar-refractivity contribution in [2.75, 3.05) is 11.9 Å². The Labute approximate surface area is 117 Å². The molecule has 2 atom stereocenters. The SMILES string of the molecule is CC1CCCC1CNc1cc(Br)nc(C2CC2)n1. The summed E-state index contributed by atoms with van der Waals surface area (Å²) in [5.74, 6) is 4.26. The Kier molecular flexibility index (Phi) is 3.55. The number of rotatable bonds is 4. The monoisotopic (exact) mass is 309 g/mol. The van der Waals surface area contributed by atoms with E-state index >= 15 is 0 Å². The van der Waals surface area contributed by atoms with Crippen LogP contribution < -0.4 is 5.32 Å². The lowest BCUT2D eigenvalue weighted by Gasteiger charge is -2.16. The number of aromatic nitrogens is 2. The van der Waals surface area contributed by atoms with Crippen LogP contribution in [0.2, 0.25) is 0 Å². The second kappa shape index (κ2) is 5.16. The molecule has 1 N–H and O–H groups in total. The maximum atomic E-state index is 4.63. The molecule has 2 aliphatic rings. The smallest absolute Gasteiger partial charge is 0.135 e. The van der Waals surface area contributed by atoms with Crippen molar-refractivity contribution in [3.8, 4) is 0 Å². The Balaban J connectivity index is 1.64. The van der Waals surface area contributed by atoms with E-state index in [0.29, 0.717) is 5.92 Å². The molecule has 1 aromatic rings. The van der Waals surface area contributed by atoms with Crippen LogP contribution in [0, 0.1) is 11.8 Å². The van der Waals surface area contributed by atoms with Crippen LogP contribution in [-0.4, -0.2) is 16.5 Å². The summed E-state index contributed by atoms with van der Waals surface area (Å²) in [5, 5.41) is 3.50. The predicted octanol–water partition coefficient (Wildman–Crippen LogP) is 3.96. The van der Waals surface area contributed by atoms with Gasteiger partial charge in [0.1, 0.15) is 16.2 Å². The number of anilines is 1. The maximum Gasteiger partial charge on any atom is 0.135 e. The minimum absolute atomic E-state index is 0.605. The van der Waals surface area contributed by atoms with Crippen LogP contribution in [-0.2, 0) is 0 Å². The first-order valence-corrected chi connectivity index (χ1v) is 7.80. The lowest BCUT2D eigenvalue weighted by Crippen LogP contribution is -2.17. The molecule has 2 unspecified atom stereocenters. The Hall–Kier alpha value is -0.640. The first-order chi connectivity index (χ1) is 8.72. The highest BCUT2D eigenvalue weighted by Crippen LogP contribution is 2.39. The van der Waals surface area contributed by atoms with Gasteiger partial charge in [0.25, 0.3) is 0 Å². The summed E-state index contributed by atoms with van der Waals surface area (Å²) in [6.07, 6.45) is 6.61. The van der Waals surface area contributed by atoms with Crippen molar-refractivity contribution in [3.63, 3.8) is 0 Å². The second-order valence-corrected chi connectivity index (χ2v) is 6.57. The van der Waals surface area contributed by atoms with Crippen molar-refractivity contribution in [2.24, 2.45) is 11.8 Å². The van der Waals surface area contributed by atoms with Crippen molar-refractivity contribution in [1.82, 2.24) is 9.97 Å². The summed E-state index contributed by atoms with van der Waals surface area (Å²) in [6.45, 7) is 3.42. The molecule has 2 saturated carbocycles. The molecule has 98 valence electrons. The highest BCUT2D eigenvalue weighted by atomic mass is 79.9. The number of hydrogen-bond donors (Lipinski definition) is 1. The molecule has 4 heteroatoms. The molecule has 3 rings (SSSR count). The van der Waals surface area contributed by atoms with Gasteiger partial charge in [-0.1, -0.05) is 19.8 Å². The van der Waals surface area contributed by atoms with Crippen LogP contribution >= 0.6 is 15.9 Å². The molecule has 2 aliphatic carbocycles. The molecule has 0 saturated heterocycles. The van der Waals surface area contributed by atoms with E-state index in [1.807, 2.05) is 6.07 Å². The molecule has 0 aromatic carbocycles. The maximum absolute atomic E-state index is 4.63. The Morgan fingerprint density at radius 2 is 2.11 bits per heavy atom. The summed E-state index contributed by atoms with van der Waals surface area (Å²) < 4.78 is 0.904. The predicted molar refractivity (Wildman–Crippen MR) is 76.7 cm³/mol. The summed E-state index contributed by atoms with van der Waals surface area (Å²) in [4.78, 5) is 9.09. The van der Waals surface area contributed by atoms with Crippen LogP contribution in [0.1, 0.15) is 50.8 Å². The topological polar surface area (TPSA) is 37.8 Å². The van der Waals surface area contributed by atoms with Crippen molar-refractivity contribution in [2.45, 2.75) is 44.9 Å². The largest absolute Gasteiger partial charge is 0.370 e. The second-order valence-electron chi connectivity index (χ2n) is 5.76. The minimum Gasteiger partial charge on any atom is -0.370 e. The van der Waals surface area contributed by atoms with Gasteiger partial charge in [-0.25, -0.2) is 9.97 Å². The number of hydrogen-bond acceptors (Lipinski definition) is 3. The van der Waals surface area contributed by atoms with Crippen LogP contribution in [0.25, 0.3) is 0 Å². The van der Waals surface area contributed by atoms with Crippen LogP contribution in [0.5, 0.6) is 0 Å². The highest BCUT2D eigenvalue weighted by molar-refractivity contribution is 9.10. The highest BCUT2D eigenvalue weighted by Gasteiger charge is 2.27. The zero-order chi connectivity index (χ0) is 12.5. The molecule has 18 heavy (non-hydrogen) atoms. The Morgan fingerprint density at radius 3 is 2.78 bits per heavy atom. The molecule has 2 fully saturated rings. The average molecular weight is 310 g/mol. The third-order valence-corrected chi connectivity index (χ3v) is 4.65. The van der Waals surface area contributed by atoms with Gasteiger partial charge in [0.2, 0.25) is 0 Å². The van der Waals surface area contributed by atoms with E-state index in [-0.39, 0.29) is 0 Å². The number of halogens is 1. The van der Waals surface area contributed by atoms with Crippen molar-refractivity contribution in [3.05, 3.63) is 16.5 Å². The lowest BCUT2D eigenvalue weighted by molar-refractivity contribution is 0.439. The van der Waals surface area contributed by atoms with E-state index in [9.17, 15) is 0 Å². The quantitative estimate of drug-likeness (QED) is 0.855. The summed E-state index contributed by atoms with van der Waals surface area (Å²) >= 11 is 3.48. The molecule has 0 spiro atoms. The van der Waals surface area contributed by atoms with E-state index in [2.05, 4.69) is 38.1 Å². The third-order valence-electron chi connectivity index (χ3n) is 4.24. The lowest BCUT2D eigenvalue weighted by atomic mass is 9.98. The molecular weight excluding hydrogens is 290 g/mol. The van der Waals surface area contributed by atoms with Gasteiger partial charge in [-0.05, 0) is 47.0 Å². The Bertz CT molecular complexity index is 431. The van der Waals surface area contributed by atoms with E-state index in [4.69, 9.17) is 0 Å². The van der Waals surface area contributed by atoms with Crippen molar-refractivity contribution in [1.29, 1.82) is 0 Å². The van der Waals surface area contributed by atoms with Gasteiger partial charge in [-0.3, -0.25) is 0 Å². The molecule has 0 bridgehead atoms. The van der Waals surface area contributed by atoms with Crippen LogP contribution in [0.15, 0.2) is 10.7 Å². The summed E-state index contributed by atoms with van der Waals surface area (Å²) in [5.41, 5.74) is 0. The van der Waals surface area contributed by atoms with Crippen LogP contribution in [0.4, 0.5) is 5.82 Å². The molecule has 0 aliphatic heterocycles. The molecule has 0 radical (unpaired) electrons. The van der Waals surface area contributed by atoms with Crippen molar-refractivity contribution >= 4 is 21.7 Å². The van der Waals surface area contributed by atoms with Gasteiger partial charge in [0.05, 0.1) is 0 Å². The number of nitrogens with zero attached hydrogens (tertiary/aromatic N) is 2. The first-order valence-electron chi connectivity index (χ1n) is 7.00. The van der Waals surface area contributed by atoms with Gasteiger partial charge in [-0.15, -0.1) is 0 Å². The summed E-state index contributed by atoms with van der Waals surface area (Å²) in [7, 11) is 0. The molecule has 3 nitrogen and oxygen atoms in total. The third kappa shape index (κ3) is 2.85. The van der Waals surface area contributed by atoms with E-state index in [1.54, 1.807) is 0 Å². The molecular formula is C14H20BrN3. The van der Waals surface area contributed by atoms with Crippen LogP contribution in [0.3, 0.4) is 0 Å². The normalized spacial score (nSPS) is 27.4. The first kappa shape index (κ1) is 12.4. The van der Waals surface area contributed by atoms with Gasteiger partial charge < -0.3 is 5.32 Å². The minimum atomic E-state index is 0.605. The Morgan fingerprint density at radius 1 is 1.28 bits per heavy atom. The molecule has 1 aromatic heterocycles. The molecule has 0 amide bonds. The van der Waals surface area contributed by atoms with Gasteiger partial charge in [0.15, 0.2) is 0 Å². The number of nitrogens with one attached hydrogen (secondary N) is 1. The van der Waals surface area contributed by atoms with Gasteiger partial charge in [-0.2, -0.15) is 0 Å². The zero-order valence-electron chi connectivity index (χ0n) is 10.8. The zero-order valence-corrected chi connectivity index (χ0v) is 12.4.